The van der Waals surface area contributed by atoms with Crippen LogP contribution in [-0.4, -0.2) is 19.3 Å². The van der Waals surface area contributed by atoms with Crippen molar-refractivity contribution in [2.24, 2.45) is 5.73 Å². The van der Waals surface area contributed by atoms with Crippen molar-refractivity contribution in [1.82, 2.24) is 5.32 Å². The highest BCUT2D eigenvalue weighted by molar-refractivity contribution is 7.98. The number of nitrogens with one attached hydrogen (secondary N) is 1. The molecule has 3 N–H and O–H groups in total. The summed E-state index contributed by atoms with van der Waals surface area (Å²) in [5.41, 5.74) is 5.33. The van der Waals surface area contributed by atoms with Crippen molar-refractivity contribution in [2.75, 3.05) is 19.3 Å². The van der Waals surface area contributed by atoms with E-state index in [0.29, 0.717) is 6.54 Å². The molecule has 1 rings (SSSR count). The molecule has 4 heteroatoms. The molecule has 0 radical (unpaired) electrons. The third kappa shape index (κ3) is 2.89. The smallest absolute Gasteiger partial charge is 0.160 e. The van der Waals surface area contributed by atoms with E-state index in [1.165, 1.54) is 0 Å². The van der Waals surface area contributed by atoms with E-state index in [0.717, 1.165) is 23.9 Å². The molecule has 0 aliphatic carbocycles. The van der Waals surface area contributed by atoms with Gasteiger partial charge in [0.05, 0.1) is 6.54 Å². The molecule has 0 amide bonds. The summed E-state index contributed by atoms with van der Waals surface area (Å²) in [6, 6.07) is 3.96. The topological polar surface area (TPSA) is 51.2 Å². The minimum absolute atomic E-state index is 0.663. The fourth-order valence-corrected chi connectivity index (χ4v) is 1.27. The maximum Gasteiger partial charge on any atom is 0.160 e. The number of furan rings is 1. The molecule has 0 atom stereocenters. The highest BCUT2D eigenvalue weighted by Crippen LogP contribution is 2.17. The van der Waals surface area contributed by atoms with E-state index >= 15 is 0 Å². The van der Waals surface area contributed by atoms with Crippen LogP contribution in [0.4, 0.5) is 0 Å². The minimum Gasteiger partial charge on any atom is -0.454 e. The van der Waals surface area contributed by atoms with Crippen LogP contribution in [0.15, 0.2) is 21.6 Å². The molecular weight excluding hydrogens is 172 g/mol. The van der Waals surface area contributed by atoms with Crippen LogP contribution in [0.2, 0.25) is 0 Å². The van der Waals surface area contributed by atoms with Crippen molar-refractivity contribution < 1.29 is 4.42 Å². The van der Waals surface area contributed by atoms with E-state index in [9.17, 15) is 0 Å². The van der Waals surface area contributed by atoms with Gasteiger partial charge in [-0.25, -0.2) is 0 Å². The fraction of sp³-hybridized carbons (Fsp3) is 0.500. The first-order valence-corrected chi connectivity index (χ1v) is 5.12. The van der Waals surface area contributed by atoms with Gasteiger partial charge in [-0.3, -0.25) is 0 Å². The molecule has 1 aromatic rings. The standard InChI is InChI=1S/C8H14N2OS/c1-12-8-3-2-7(11-8)6-10-5-4-9/h2-3,10H,4-6,9H2,1H3. The molecule has 0 aliphatic rings. The van der Waals surface area contributed by atoms with Crippen molar-refractivity contribution in [3.63, 3.8) is 0 Å². The first-order valence-electron chi connectivity index (χ1n) is 3.90. The van der Waals surface area contributed by atoms with Crippen LogP contribution in [0, 0.1) is 0 Å². The Labute approximate surface area is 76.7 Å². The fourth-order valence-electron chi connectivity index (χ4n) is 0.877. The molecule has 0 unspecified atom stereocenters. The zero-order valence-corrected chi connectivity index (χ0v) is 7.99. The largest absolute Gasteiger partial charge is 0.454 e. The number of hydrogen-bond acceptors (Lipinski definition) is 4. The molecule has 1 heterocycles. The van der Waals surface area contributed by atoms with Gasteiger partial charge in [0.15, 0.2) is 5.09 Å². The van der Waals surface area contributed by atoms with Crippen LogP contribution in [0.1, 0.15) is 5.76 Å². The Kier molecular flexibility index (Phi) is 4.21. The molecule has 3 nitrogen and oxygen atoms in total. The van der Waals surface area contributed by atoms with E-state index in [4.69, 9.17) is 10.2 Å². The van der Waals surface area contributed by atoms with Crippen LogP contribution in [-0.2, 0) is 6.54 Å². The quantitative estimate of drug-likeness (QED) is 0.533. The third-order valence-corrected chi connectivity index (χ3v) is 2.08. The Hall–Kier alpha value is -0.450. The second kappa shape index (κ2) is 5.24. The highest BCUT2D eigenvalue weighted by Gasteiger charge is 1.98. The second-order valence-corrected chi connectivity index (χ2v) is 3.20. The molecule has 12 heavy (non-hydrogen) atoms. The summed E-state index contributed by atoms with van der Waals surface area (Å²) in [6.07, 6.45) is 2.00. The van der Waals surface area contributed by atoms with Gasteiger partial charge < -0.3 is 15.5 Å². The summed E-state index contributed by atoms with van der Waals surface area (Å²) in [4.78, 5) is 0. The van der Waals surface area contributed by atoms with Gasteiger partial charge >= 0.3 is 0 Å². The lowest BCUT2D eigenvalue weighted by molar-refractivity contribution is 0.418. The predicted octanol–water partition coefficient (Wildman–Crippen LogP) is 1.05. The zero-order valence-electron chi connectivity index (χ0n) is 7.17. The van der Waals surface area contributed by atoms with Crippen LogP contribution in [0.3, 0.4) is 0 Å². The van der Waals surface area contributed by atoms with Gasteiger partial charge in [-0.05, 0) is 18.4 Å². The van der Waals surface area contributed by atoms with Crippen LogP contribution in [0.5, 0.6) is 0 Å². The minimum atomic E-state index is 0.663. The Morgan fingerprint density at radius 2 is 2.42 bits per heavy atom. The third-order valence-electron chi connectivity index (χ3n) is 1.46. The van der Waals surface area contributed by atoms with Gasteiger partial charge in [0.1, 0.15) is 5.76 Å². The molecule has 0 bridgehead atoms. The lowest BCUT2D eigenvalue weighted by Gasteiger charge is -1.98. The first-order chi connectivity index (χ1) is 5.86. The molecule has 0 saturated carbocycles. The average Bonchev–Trinajstić information content (AvgIpc) is 2.53. The van der Waals surface area contributed by atoms with Gasteiger partial charge in [-0.2, -0.15) is 0 Å². The van der Waals surface area contributed by atoms with E-state index < -0.39 is 0 Å². The first kappa shape index (κ1) is 9.64. The highest BCUT2D eigenvalue weighted by atomic mass is 32.2. The Morgan fingerprint density at radius 1 is 1.58 bits per heavy atom. The molecule has 0 aliphatic heterocycles. The maximum atomic E-state index is 5.44. The maximum absolute atomic E-state index is 5.44. The Morgan fingerprint density at radius 3 is 3.00 bits per heavy atom. The van der Waals surface area contributed by atoms with Crippen molar-refractivity contribution in [3.8, 4) is 0 Å². The van der Waals surface area contributed by atoms with Gasteiger partial charge in [-0.15, -0.1) is 0 Å². The Bertz CT molecular complexity index is 225. The van der Waals surface area contributed by atoms with Gasteiger partial charge in [-0.1, -0.05) is 11.8 Å². The summed E-state index contributed by atoms with van der Waals surface area (Å²) in [6.45, 7) is 2.25. The van der Waals surface area contributed by atoms with Gasteiger partial charge in [0.25, 0.3) is 0 Å². The molecule has 0 spiro atoms. The molecule has 0 saturated heterocycles. The molecule has 68 valence electrons. The Balaban J connectivity index is 2.31. The number of hydrogen-bond donors (Lipinski definition) is 2. The van der Waals surface area contributed by atoms with E-state index in [1.54, 1.807) is 11.8 Å². The molecular formula is C8H14N2OS. The predicted molar refractivity (Wildman–Crippen MR) is 51.3 cm³/mol. The van der Waals surface area contributed by atoms with Crippen LogP contribution in [0.25, 0.3) is 0 Å². The summed E-state index contributed by atoms with van der Waals surface area (Å²) < 4.78 is 5.44. The SMILES string of the molecule is CSc1ccc(CNCCN)o1. The summed E-state index contributed by atoms with van der Waals surface area (Å²) in [5, 5.41) is 4.12. The van der Waals surface area contributed by atoms with Crippen molar-refractivity contribution in [2.45, 2.75) is 11.6 Å². The lowest BCUT2D eigenvalue weighted by atomic mass is 10.4. The number of nitrogens with two attached hydrogens (primary N) is 1. The molecule has 0 fully saturated rings. The lowest BCUT2D eigenvalue weighted by Crippen LogP contribution is -2.21. The van der Waals surface area contributed by atoms with Crippen molar-refractivity contribution in [1.29, 1.82) is 0 Å². The summed E-state index contributed by atoms with van der Waals surface area (Å²) in [7, 11) is 0. The molecule has 1 aromatic heterocycles. The van der Waals surface area contributed by atoms with E-state index in [-0.39, 0.29) is 0 Å². The number of rotatable bonds is 5. The van der Waals surface area contributed by atoms with Gasteiger partial charge in [0, 0.05) is 13.1 Å². The normalized spacial score (nSPS) is 10.5. The van der Waals surface area contributed by atoms with Crippen LogP contribution >= 0.6 is 11.8 Å². The molecule has 0 aromatic carbocycles. The van der Waals surface area contributed by atoms with Gasteiger partial charge in [0.2, 0.25) is 0 Å². The zero-order chi connectivity index (χ0) is 8.81. The van der Waals surface area contributed by atoms with E-state index in [1.807, 2.05) is 18.4 Å². The van der Waals surface area contributed by atoms with Crippen molar-refractivity contribution in [3.05, 3.63) is 17.9 Å². The number of thioether (sulfide) groups is 1. The summed E-state index contributed by atoms with van der Waals surface area (Å²) >= 11 is 1.61. The monoisotopic (exact) mass is 186 g/mol. The summed E-state index contributed by atoms with van der Waals surface area (Å²) in [5.74, 6) is 0.966. The van der Waals surface area contributed by atoms with Crippen molar-refractivity contribution >= 4 is 11.8 Å². The average molecular weight is 186 g/mol. The second-order valence-electron chi connectivity index (χ2n) is 2.39. The van der Waals surface area contributed by atoms with Crippen LogP contribution < -0.4 is 11.1 Å². The van der Waals surface area contributed by atoms with E-state index in [2.05, 4.69) is 5.32 Å².